The van der Waals surface area contributed by atoms with Gasteiger partial charge in [-0.15, -0.1) is 0 Å². The van der Waals surface area contributed by atoms with Crippen LogP contribution >= 0.6 is 0 Å². The number of ether oxygens (including phenoxy) is 1. The van der Waals surface area contributed by atoms with Gasteiger partial charge in [0, 0.05) is 31.6 Å². The Hall–Kier alpha value is -2.77. The second-order valence-corrected chi connectivity index (χ2v) is 7.41. The first-order valence-corrected chi connectivity index (χ1v) is 10.0. The van der Waals surface area contributed by atoms with Gasteiger partial charge in [-0.2, -0.15) is 13.2 Å². The highest BCUT2D eigenvalue weighted by molar-refractivity contribution is 5.80. The molecular formula is C22H26F3N3O2. The minimum absolute atomic E-state index is 0.0624. The van der Waals surface area contributed by atoms with E-state index in [1.165, 1.54) is 0 Å². The van der Waals surface area contributed by atoms with Gasteiger partial charge in [0.2, 0.25) is 5.91 Å². The molecule has 0 saturated heterocycles. The quantitative estimate of drug-likeness (QED) is 0.728. The van der Waals surface area contributed by atoms with Gasteiger partial charge in [-0.05, 0) is 48.2 Å². The van der Waals surface area contributed by atoms with Crippen LogP contribution in [0.15, 0.2) is 36.4 Å². The number of hydrogen-bond acceptors (Lipinski definition) is 4. The van der Waals surface area contributed by atoms with Crippen molar-refractivity contribution in [2.45, 2.75) is 38.9 Å². The van der Waals surface area contributed by atoms with E-state index in [9.17, 15) is 18.0 Å². The molecule has 162 valence electrons. The molecule has 1 amide bonds. The lowest BCUT2D eigenvalue weighted by Crippen LogP contribution is -2.40. The lowest BCUT2D eigenvalue weighted by atomic mass is 9.95. The maximum Gasteiger partial charge on any atom is 0.406 e. The smallest absolute Gasteiger partial charge is 0.406 e. The number of fused-ring (bicyclic) bond motifs is 1. The number of amides is 1. The zero-order chi connectivity index (χ0) is 21.7. The van der Waals surface area contributed by atoms with E-state index in [1.807, 2.05) is 37.3 Å². The summed E-state index contributed by atoms with van der Waals surface area (Å²) < 4.78 is 44.8. The molecule has 2 aromatic rings. The van der Waals surface area contributed by atoms with Crippen LogP contribution in [0, 0.1) is 5.92 Å². The lowest BCUT2D eigenvalue weighted by Gasteiger charge is -2.25. The van der Waals surface area contributed by atoms with Gasteiger partial charge in [0.1, 0.15) is 18.1 Å². The third-order valence-corrected chi connectivity index (χ3v) is 5.22. The number of aromatic nitrogens is 1. The fraction of sp³-hybridized carbons (Fsp3) is 0.455. The Balaban J connectivity index is 1.71. The van der Waals surface area contributed by atoms with E-state index in [2.05, 4.69) is 10.3 Å². The highest BCUT2D eigenvalue weighted by atomic mass is 19.4. The zero-order valence-electron chi connectivity index (χ0n) is 17.1. The number of nitrogens with one attached hydrogen (secondary N) is 1. The monoisotopic (exact) mass is 421 g/mol. The minimum Gasteiger partial charge on any atom is -0.493 e. The Labute approximate surface area is 174 Å². The molecule has 1 aliphatic rings. The van der Waals surface area contributed by atoms with Crippen LogP contribution in [0.25, 0.3) is 0 Å². The molecule has 0 fully saturated rings. The number of carbonyl (C=O) groups excluding carboxylic acids is 1. The van der Waals surface area contributed by atoms with Crippen LogP contribution in [0.4, 0.5) is 19.0 Å². The summed E-state index contributed by atoms with van der Waals surface area (Å²) in [4.78, 5) is 17.9. The van der Waals surface area contributed by atoms with Crippen LogP contribution < -0.4 is 10.1 Å². The predicted octanol–water partition coefficient (Wildman–Crippen LogP) is 4.22. The van der Waals surface area contributed by atoms with Crippen molar-refractivity contribution in [3.63, 3.8) is 0 Å². The molecule has 8 heteroatoms. The number of hydrogen-bond donors (Lipinski definition) is 1. The van der Waals surface area contributed by atoms with Crippen molar-refractivity contribution in [2.75, 3.05) is 25.5 Å². The van der Waals surface area contributed by atoms with E-state index in [0.29, 0.717) is 37.2 Å². The van der Waals surface area contributed by atoms with Crippen LogP contribution in [-0.4, -0.2) is 42.2 Å². The Kier molecular flexibility index (Phi) is 6.84. The fourth-order valence-corrected chi connectivity index (χ4v) is 3.63. The first kappa shape index (κ1) is 21.9. The number of alkyl halides is 3. The van der Waals surface area contributed by atoms with Crippen molar-refractivity contribution < 1.29 is 22.7 Å². The first-order valence-electron chi connectivity index (χ1n) is 10.0. The van der Waals surface area contributed by atoms with Crippen LogP contribution in [0.2, 0.25) is 0 Å². The molecule has 5 nitrogen and oxygen atoms in total. The summed E-state index contributed by atoms with van der Waals surface area (Å²) in [5, 5.41) is 2.98. The first-order chi connectivity index (χ1) is 14.3. The summed E-state index contributed by atoms with van der Waals surface area (Å²) in [6.07, 6.45) is -2.88. The van der Waals surface area contributed by atoms with Gasteiger partial charge in [-0.3, -0.25) is 4.79 Å². The summed E-state index contributed by atoms with van der Waals surface area (Å²) in [5.41, 5.74) is 2.48. The molecule has 0 saturated carbocycles. The number of nitrogens with zero attached hydrogens (tertiary/aromatic N) is 2. The number of anilines is 1. The molecule has 0 bridgehead atoms. The van der Waals surface area contributed by atoms with Crippen molar-refractivity contribution >= 4 is 11.7 Å². The van der Waals surface area contributed by atoms with E-state index in [4.69, 9.17) is 4.74 Å². The number of pyridine rings is 1. The standard InChI is InChI=1S/C22H26F3N3O2/c1-3-15-11-16-7-8-19(30-10-9-18-5-4-6-20(26-2)27-18)12-17(16)13-28(21(15)29)14-22(23,24)25/h4-8,12,15H,3,9-11,13-14H2,1-2H3,(H,26,27). The van der Waals surface area contributed by atoms with E-state index >= 15 is 0 Å². The van der Waals surface area contributed by atoms with Crippen LogP contribution in [0.5, 0.6) is 5.75 Å². The van der Waals surface area contributed by atoms with Crippen molar-refractivity contribution in [3.05, 3.63) is 53.2 Å². The topological polar surface area (TPSA) is 54.5 Å². The molecule has 3 rings (SSSR count). The Morgan fingerprint density at radius 3 is 2.73 bits per heavy atom. The van der Waals surface area contributed by atoms with E-state index in [1.54, 1.807) is 13.1 Å². The largest absolute Gasteiger partial charge is 0.493 e. The molecule has 1 unspecified atom stereocenters. The molecule has 0 spiro atoms. The molecule has 1 aromatic heterocycles. The number of carbonyl (C=O) groups is 1. The molecule has 0 radical (unpaired) electrons. The molecule has 1 atom stereocenters. The van der Waals surface area contributed by atoms with Gasteiger partial charge >= 0.3 is 6.18 Å². The SMILES string of the molecule is CCC1Cc2ccc(OCCc3cccc(NC)n3)cc2CN(CC(F)(F)F)C1=O. The third kappa shape index (κ3) is 5.64. The molecule has 2 heterocycles. The molecule has 1 N–H and O–H groups in total. The molecule has 1 aromatic carbocycles. The minimum atomic E-state index is -4.43. The molecule has 0 aliphatic carbocycles. The third-order valence-electron chi connectivity index (χ3n) is 5.22. The Bertz CT molecular complexity index is 886. The fourth-order valence-electron chi connectivity index (χ4n) is 3.63. The summed E-state index contributed by atoms with van der Waals surface area (Å²) in [6.45, 7) is 0.920. The normalized spacial score (nSPS) is 16.8. The Morgan fingerprint density at radius 2 is 2.03 bits per heavy atom. The average molecular weight is 421 g/mol. The van der Waals surface area contributed by atoms with Crippen molar-refractivity contribution in [3.8, 4) is 5.75 Å². The molecule has 30 heavy (non-hydrogen) atoms. The number of halogens is 3. The highest BCUT2D eigenvalue weighted by Crippen LogP contribution is 2.30. The van der Waals surface area contributed by atoms with Crippen molar-refractivity contribution in [2.24, 2.45) is 5.92 Å². The summed E-state index contributed by atoms with van der Waals surface area (Å²) in [5.74, 6) is 0.472. The average Bonchev–Trinajstić information content (AvgIpc) is 2.83. The number of rotatable bonds is 7. The highest BCUT2D eigenvalue weighted by Gasteiger charge is 2.37. The summed E-state index contributed by atoms with van der Waals surface area (Å²) in [6, 6.07) is 11.1. The second-order valence-electron chi connectivity index (χ2n) is 7.41. The number of benzene rings is 1. The van der Waals surface area contributed by atoms with Gasteiger partial charge in [0.15, 0.2) is 0 Å². The van der Waals surface area contributed by atoms with Crippen LogP contribution in [-0.2, 0) is 24.2 Å². The molecular weight excluding hydrogens is 395 g/mol. The lowest BCUT2D eigenvalue weighted by molar-refractivity contribution is -0.164. The maximum absolute atomic E-state index is 13.0. The predicted molar refractivity (Wildman–Crippen MR) is 108 cm³/mol. The zero-order valence-corrected chi connectivity index (χ0v) is 17.1. The van der Waals surface area contributed by atoms with E-state index in [-0.39, 0.29) is 6.54 Å². The second kappa shape index (κ2) is 9.36. The van der Waals surface area contributed by atoms with E-state index in [0.717, 1.165) is 22.0 Å². The van der Waals surface area contributed by atoms with Gasteiger partial charge in [0.25, 0.3) is 0 Å². The van der Waals surface area contributed by atoms with Crippen LogP contribution in [0.3, 0.4) is 0 Å². The summed E-state index contributed by atoms with van der Waals surface area (Å²) in [7, 11) is 1.80. The van der Waals surface area contributed by atoms with E-state index < -0.39 is 24.5 Å². The van der Waals surface area contributed by atoms with Gasteiger partial charge in [-0.25, -0.2) is 4.98 Å². The Morgan fingerprint density at radius 1 is 1.23 bits per heavy atom. The molecule has 1 aliphatic heterocycles. The summed E-state index contributed by atoms with van der Waals surface area (Å²) >= 11 is 0. The maximum atomic E-state index is 13.0. The van der Waals surface area contributed by atoms with Crippen molar-refractivity contribution in [1.82, 2.24) is 9.88 Å². The van der Waals surface area contributed by atoms with Gasteiger partial charge in [-0.1, -0.05) is 19.1 Å². The van der Waals surface area contributed by atoms with Gasteiger partial charge < -0.3 is 15.0 Å². The van der Waals surface area contributed by atoms with Crippen molar-refractivity contribution in [1.29, 1.82) is 0 Å². The van der Waals surface area contributed by atoms with Crippen LogP contribution in [0.1, 0.15) is 30.2 Å². The van der Waals surface area contributed by atoms with Gasteiger partial charge in [0.05, 0.1) is 6.61 Å².